The van der Waals surface area contributed by atoms with Crippen LogP contribution in [-0.4, -0.2) is 39.0 Å². The van der Waals surface area contributed by atoms with Crippen molar-refractivity contribution < 1.29 is 14.4 Å². The molecule has 5 heteroatoms. The van der Waals surface area contributed by atoms with Crippen molar-refractivity contribution in [2.75, 3.05) is 27.0 Å². The number of hydrogen-bond acceptors (Lipinski definition) is 3. The predicted octanol–water partition coefficient (Wildman–Crippen LogP) is 1.73. The highest BCUT2D eigenvalue weighted by atomic mass is 35.5. The fourth-order valence-corrected chi connectivity index (χ4v) is 3.71. The first kappa shape index (κ1) is 15.4. The van der Waals surface area contributed by atoms with Crippen LogP contribution >= 0.6 is 23.4 Å². The van der Waals surface area contributed by atoms with Crippen molar-refractivity contribution >= 4 is 34.2 Å². The summed E-state index contributed by atoms with van der Waals surface area (Å²) in [6, 6.07) is 7.95. The molecule has 108 valence electrons. The van der Waals surface area contributed by atoms with Crippen LogP contribution < -0.4 is 4.90 Å². The van der Waals surface area contributed by atoms with Crippen LogP contribution in [0.15, 0.2) is 30.3 Å². The minimum Gasteiger partial charge on any atom is -0.469 e. The summed E-state index contributed by atoms with van der Waals surface area (Å²) in [5, 5.41) is 0.734. The van der Waals surface area contributed by atoms with Gasteiger partial charge in [-0.1, -0.05) is 23.7 Å². The Morgan fingerprint density at radius 1 is 1.35 bits per heavy atom. The molecule has 20 heavy (non-hydrogen) atoms. The Kier molecular flexibility index (Phi) is 5.13. The van der Waals surface area contributed by atoms with Gasteiger partial charge >= 0.3 is 5.97 Å². The summed E-state index contributed by atoms with van der Waals surface area (Å²) in [5.74, 6) is 0.526. The number of benzene rings is 1. The Morgan fingerprint density at radius 2 is 2.00 bits per heavy atom. The first-order valence-electron chi connectivity index (χ1n) is 6.51. The van der Waals surface area contributed by atoms with Gasteiger partial charge in [-0.2, -0.15) is 0 Å². The van der Waals surface area contributed by atoms with E-state index in [0.29, 0.717) is 0 Å². The minimum atomic E-state index is -0.130. The monoisotopic (exact) mass is 312 g/mol. The van der Waals surface area contributed by atoms with Gasteiger partial charge in [0.15, 0.2) is 0 Å². The number of methoxy groups -OCH3 is 1. The summed E-state index contributed by atoms with van der Waals surface area (Å²) in [4.78, 5) is 14.3. The number of rotatable bonds is 3. The molecule has 0 aromatic heterocycles. The van der Waals surface area contributed by atoms with E-state index >= 15 is 0 Å². The van der Waals surface area contributed by atoms with Crippen molar-refractivity contribution in [3.8, 4) is 0 Å². The Morgan fingerprint density at radius 3 is 2.55 bits per heavy atom. The Bertz CT molecular complexity index is 513. The molecule has 2 atom stereocenters. The number of thioether (sulfide) groups is 1. The fourth-order valence-electron chi connectivity index (χ4n) is 2.34. The molecule has 0 unspecified atom stereocenters. The van der Waals surface area contributed by atoms with Crippen molar-refractivity contribution in [1.82, 2.24) is 0 Å². The second kappa shape index (κ2) is 6.66. The van der Waals surface area contributed by atoms with Crippen molar-refractivity contribution in [2.45, 2.75) is 6.04 Å². The molecular formula is C15H19ClNO2S+. The number of likely N-dealkylation sites (N-methyl/N-ethyl adjacent to an activating group) is 1. The first-order valence-corrected chi connectivity index (χ1v) is 7.87. The highest BCUT2D eigenvalue weighted by Gasteiger charge is 2.36. The second-order valence-electron chi connectivity index (χ2n) is 5.08. The number of carbonyl (C=O) groups excluding carboxylic acids is 1. The zero-order valence-electron chi connectivity index (χ0n) is 11.9. The molecule has 0 amide bonds. The number of halogens is 1. The summed E-state index contributed by atoms with van der Waals surface area (Å²) >= 11 is 7.62. The van der Waals surface area contributed by atoms with Gasteiger partial charge in [-0.05, 0) is 23.8 Å². The van der Waals surface area contributed by atoms with Crippen LogP contribution in [0.3, 0.4) is 0 Å². The molecule has 1 heterocycles. The van der Waals surface area contributed by atoms with Gasteiger partial charge in [-0.15, -0.1) is 11.8 Å². The molecule has 0 radical (unpaired) electrons. The quantitative estimate of drug-likeness (QED) is 0.862. The number of nitrogens with one attached hydrogen (secondary N) is 1. The van der Waals surface area contributed by atoms with E-state index in [1.165, 1.54) is 16.9 Å². The van der Waals surface area contributed by atoms with Crippen LogP contribution in [0.25, 0.3) is 4.91 Å². The largest absolute Gasteiger partial charge is 0.469 e. The van der Waals surface area contributed by atoms with Gasteiger partial charge in [0.05, 0.1) is 21.2 Å². The molecule has 0 bridgehead atoms. The number of quaternary nitrogens is 1. The summed E-state index contributed by atoms with van der Waals surface area (Å²) in [6.07, 6.45) is 2.17. The van der Waals surface area contributed by atoms with Crippen LogP contribution in [0, 0.1) is 5.92 Å². The van der Waals surface area contributed by atoms with Gasteiger partial charge in [0.1, 0.15) is 12.0 Å². The second-order valence-corrected chi connectivity index (χ2v) is 6.58. The zero-order chi connectivity index (χ0) is 14.7. The lowest BCUT2D eigenvalue weighted by Gasteiger charge is -2.30. The molecular weight excluding hydrogens is 294 g/mol. The standard InChI is InChI=1S/C15H18ClNO2S/c1-17(2)13-8-14(10-4-6-11(16)7-5-10)20-9-12(13)15(18)19-3/h4-8,12-13H,9H2,1-3H3/p+1/t12-,13-/m0/s1. The Labute approximate surface area is 128 Å². The van der Waals surface area contributed by atoms with Gasteiger partial charge in [0, 0.05) is 15.7 Å². The summed E-state index contributed by atoms with van der Waals surface area (Å²) < 4.78 is 4.91. The van der Waals surface area contributed by atoms with E-state index in [0.717, 1.165) is 16.3 Å². The third kappa shape index (κ3) is 3.37. The van der Waals surface area contributed by atoms with Crippen LogP contribution in [0.1, 0.15) is 5.56 Å². The third-order valence-corrected chi connectivity index (χ3v) is 4.94. The highest BCUT2D eigenvalue weighted by molar-refractivity contribution is 8.08. The molecule has 1 aromatic rings. The van der Waals surface area contributed by atoms with Gasteiger partial charge in [0.2, 0.25) is 0 Å². The SMILES string of the molecule is COC(=O)[C@H]1CSC(c2ccc(Cl)cc2)=C[C@@H]1[NH+](C)C. The van der Waals surface area contributed by atoms with Crippen LogP contribution in [0.2, 0.25) is 5.02 Å². The molecule has 0 saturated carbocycles. The Hall–Kier alpha value is -0.970. The van der Waals surface area contributed by atoms with Crippen LogP contribution in [0.5, 0.6) is 0 Å². The van der Waals surface area contributed by atoms with Gasteiger partial charge in [-0.25, -0.2) is 0 Å². The van der Waals surface area contributed by atoms with Crippen molar-refractivity contribution in [3.05, 3.63) is 40.9 Å². The Balaban J connectivity index is 2.28. The highest BCUT2D eigenvalue weighted by Crippen LogP contribution is 2.35. The maximum absolute atomic E-state index is 11.9. The molecule has 1 aromatic carbocycles. The molecule has 0 saturated heterocycles. The zero-order valence-corrected chi connectivity index (χ0v) is 13.4. The average molecular weight is 313 g/mol. The third-order valence-electron chi connectivity index (χ3n) is 3.48. The predicted molar refractivity (Wildman–Crippen MR) is 84.0 cm³/mol. The minimum absolute atomic E-state index is 0.0916. The molecule has 0 fully saturated rings. The van der Waals surface area contributed by atoms with E-state index in [2.05, 4.69) is 20.2 Å². The molecule has 0 aliphatic carbocycles. The summed E-state index contributed by atoms with van der Waals surface area (Å²) in [6.45, 7) is 0. The van der Waals surface area contributed by atoms with Gasteiger partial charge in [-0.3, -0.25) is 4.79 Å². The molecule has 1 aliphatic rings. The number of ether oxygens (including phenoxy) is 1. The topological polar surface area (TPSA) is 30.7 Å². The average Bonchev–Trinajstić information content (AvgIpc) is 2.46. The number of hydrogen-bond donors (Lipinski definition) is 1. The van der Waals surface area contributed by atoms with E-state index in [-0.39, 0.29) is 17.9 Å². The summed E-state index contributed by atoms with van der Waals surface area (Å²) in [7, 11) is 5.58. The smallest absolute Gasteiger partial charge is 0.315 e. The van der Waals surface area contributed by atoms with Crippen molar-refractivity contribution in [2.24, 2.45) is 5.92 Å². The first-order chi connectivity index (χ1) is 9.52. The number of carbonyl (C=O) groups is 1. The van der Waals surface area contributed by atoms with Crippen molar-refractivity contribution in [3.63, 3.8) is 0 Å². The van der Waals surface area contributed by atoms with E-state index in [4.69, 9.17) is 16.3 Å². The normalized spacial score (nSPS) is 22.6. The number of esters is 1. The lowest BCUT2D eigenvalue weighted by atomic mass is 9.98. The van der Waals surface area contributed by atoms with E-state index in [1.807, 2.05) is 24.3 Å². The maximum atomic E-state index is 11.9. The molecule has 0 spiro atoms. The van der Waals surface area contributed by atoms with Crippen LogP contribution in [0.4, 0.5) is 0 Å². The van der Waals surface area contributed by atoms with Crippen molar-refractivity contribution in [1.29, 1.82) is 0 Å². The maximum Gasteiger partial charge on any atom is 0.315 e. The van der Waals surface area contributed by atoms with Gasteiger partial charge < -0.3 is 9.64 Å². The molecule has 3 nitrogen and oxygen atoms in total. The lowest BCUT2D eigenvalue weighted by molar-refractivity contribution is -0.881. The summed E-state index contributed by atoms with van der Waals surface area (Å²) in [5.41, 5.74) is 1.15. The fraction of sp³-hybridized carbons (Fsp3) is 0.400. The van der Waals surface area contributed by atoms with Gasteiger partial charge in [0.25, 0.3) is 0 Å². The molecule has 2 rings (SSSR count). The van der Waals surface area contributed by atoms with E-state index < -0.39 is 0 Å². The molecule has 1 aliphatic heterocycles. The lowest BCUT2D eigenvalue weighted by Crippen LogP contribution is -3.11. The molecule has 1 N–H and O–H groups in total. The van der Waals surface area contributed by atoms with E-state index in [1.54, 1.807) is 11.8 Å². The van der Waals surface area contributed by atoms with E-state index in [9.17, 15) is 4.79 Å². The van der Waals surface area contributed by atoms with Crippen LogP contribution in [-0.2, 0) is 9.53 Å².